The van der Waals surface area contributed by atoms with Crippen LogP contribution in [0.5, 0.6) is 0 Å². The van der Waals surface area contributed by atoms with Crippen molar-refractivity contribution in [3.63, 3.8) is 0 Å². The van der Waals surface area contributed by atoms with Gasteiger partial charge in [0.15, 0.2) is 0 Å². The molecular weight excluding hydrogens is 434 g/mol. The molecule has 0 unspecified atom stereocenters. The van der Waals surface area contributed by atoms with Crippen molar-refractivity contribution in [1.29, 1.82) is 0 Å². The summed E-state index contributed by atoms with van der Waals surface area (Å²) in [5.41, 5.74) is 0.897. The van der Waals surface area contributed by atoms with Crippen LogP contribution in [0.4, 0.5) is 10.5 Å². The lowest BCUT2D eigenvalue weighted by molar-refractivity contribution is -0.122. The Bertz CT molecular complexity index is 1090. The minimum Gasteiger partial charge on any atom is -0.477 e. The number of ether oxygens (including phenoxy) is 1. The molecule has 1 saturated carbocycles. The maximum atomic E-state index is 13.6. The zero-order valence-electron chi connectivity index (χ0n) is 20.5. The van der Waals surface area contributed by atoms with Gasteiger partial charge in [-0.3, -0.25) is 9.69 Å². The van der Waals surface area contributed by atoms with Gasteiger partial charge in [0.2, 0.25) is 5.91 Å². The predicted molar refractivity (Wildman–Crippen MR) is 130 cm³/mol. The molecule has 1 aromatic carbocycles. The van der Waals surface area contributed by atoms with Crippen molar-refractivity contribution in [3.05, 3.63) is 30.0 Å². The molecule has 0 spiro atoms. The number of aryl methyl sites for hydroxylation is 1. The number of carbonyl (C=O) groups is 3. The SMILES string of the molecule is Cn1c(C(=O)O)cc2cc(NC(=O)[C@H]3[C@H](C4CCCCC4)CCN3C(=O)OC(C)(C)C)ccc21. The molecule has 34 heavy (non-hydrogen) atoms. The molecule has 1 aliphatic carbocycles. The first-order valence-electron chi connectivity index (χ1n) is 12.2. The summed E-state index contributed by atoms with van der Waals surface area (Å²) in [6.07, 6.45) is 6.08. The molecule has 1 aromatic heterocycles. The fraction of sp³-hybridized carbons (Fsp3) is 0.577. The molecule has 2 N–H and O–H groups in total. The molecule has 184 valence electrons. The highest BCUT2D eigenvalue weighted by Gasteiger charge is 2.46. The topological polar surface area (TPSA) is 101 Å². The van der Waals surface area contributed by atoms with Crippen LogP contribution in [-0.2, 0) is 16.6 Å². The van der Waals surface area contributed by atoms with Gasteiger partial charge in [0.05, 0.1) is 0 Å². The Kier molecular flexibility index (Phi) is 6.60. The van der Waals surface area contributed by atoms with Crippen molar-refractivity contribution < 1.29 is 24.2 Å². The number of aromatic carboxylic acids is 1. The summed E-state index contributed by atoms with van der Waals surface area (Å²) in [6, 6.07) is 6.37. The minimum absolute atomic E-state index is 0.104. The lowest BCUT2D eigenvalue weighted by atomic mass is 9.76. The summed E-state index contributed by atoms with van der Waals surface area (Å²) in [7, 11) is 1.70. The number of benzene rings is 1. The number of fused-ring (bicyclic) bond motifs is 1. The first-order valence-corrected chi connectivity index (χ1v) is 12.2. The van der Waals surface area contributed by atoms with Gasteiger partial charge in [-0.15, -0.1) is 0 Å². The van der Waals surface area contributed by atoms with E-state index in [1.807, 2.05) is 20.8 Å². The Labute approximate surface area is 200 Å². The zero-order valence-corrected chi connectivity index (χ0v) is 20.5. The number of likely N-dealkylation sites (tertiary alicyclic amines) is 1. The van der Waals surface area contributed by atoms with E-state index in [1.165, 1.54) is 19.3 Å². The van der Waals surface area contributed by atoms with Crippen LogP contribution in [0.15, 0.2) is 24.3 Å². The van der Waals surface area contributed by atoms with Gasteiger partial charge in [-0.2, -0.15) is 0 Å². The Morgan fingerprint density at radius 2 is 1.76 bits per heavy atom. The molecular formula is C26H35N3O5. The van der Waals surface area contributed by atoms with E-state index in [1.54, 1.807) is 40.8 Å². The van der Waals surface area contributed by atoms with E-state index >= 15 is 0 Å². The lowest BCUT2D eigenvalue weighted by Gasteiger charge is -2.34. The normalized spacial score (nSPS) is 21.6. The average Bonchev–Trinajstić information content (AvgIpc) is 3.35. The summed E-state index contributed by atoms with van der Waals surface area (Å²) < 4.78 is 7.25. The number of hydrogen-bond donors (Lipinski definition) is 2. The Balaban J connectivity index is 1.59. The van der Waals surface area contributed by atoms with Gasteiger partial charge in [-0.05, 0) is 63.3 Å². The maximum Gasteiger partial charge on any atom is 0.410 e. The molecule has 0 bridgehead atoms. The van der Waals surface area contributed by atoms with Crippen LogP contribution in [0, 0.1) is 11.8 Å². The van der Waals surface area contributed by atoms with E-state index in [0.29, 0.717) is 18.2 Å². The summed E-state index contributed by atoms with van der Waals surface area (Å²) >= 11 is 0. The van der Waals surface area contributed by atoms with Gasteiger partial charge in [0, 0.05) is 30.2 Å². The fourth-order valence-corrected chi connectivity index (χ4v) is 5.58. The highest BCUT2D eigenvalue weighted by Crippen LogP contribution is 2.40. The first kappa shape index (κ1) is 24.1. The molecule has 0 radical (unpaired) electrons. The second-order valence-corrected chi connectivity index (χ2v) is 10.6. The van der Waals surface area contributed by atoms with Gasteiger partial charge in [-0.1, -0.05) is 32.1 Å². The van der Waals surface area contributed by atoms with E-state index in [0.717, 1.165) is 30.2 Å². The maximum absolute atomic E-state index is 13.6. The number of carboxylic acid groups (broad SMARTS) is 1. The number of nitrogens with zero attached hydrogens (tertiary/aromatic N) is 2. The molecule has 1 saturated heterocycles. The van der Waals surface area contributed by atoms with E-state index in [9.17, 15) is 19.5 Å². The molecule has 8 heteroatoms. The summed E-state index contributed by atoms with van der Waals surface area (Å²) in [6.45, 7) is 5.99. The third kappa shape index (κ3) is 4.91. The molecule has 2 aliphatic rings. The molecule has 2 amide bonds. The van der Waals surface area contributed by atoms with E-state index in [4.69, 9.17) is 4.74 Å². The smallest absolute Gasteiger partial charge is 0.410 e. The van der Waals surface area contributed by atoms with Gasteiger partial charge >= 0.3 is 12.1 Å². The van der Waals surface area contributed by atoms with Crippen molar-refractivity contribution in [3.8, 4) is 0 Å². The van der Waals surface area contributed by atoms with Crippen LogP contribution >= 0.6 is 0 Å². The highest BCUT2D eigenvalue weighted by molar-refractivity contribution is 6.00. The summed E-state index contributed by atoms with van der Waals surface area (Å²) in [5, 5.41) is 13.1. The molecule has 2 atom stereocenters. The lowest BCUT2D eigenvalue weighted by Crippen LogP contribution is -2.49. The second kappa shape index (κ2) is 9.31. The fourth-order valence-electron chi connectivity index (χ4n) is 5.58. The van der Waals surface area contributed by atoms with Crippen molar-refractivity contribution in [2.45, 2.75) is 70.9 Å². The number of carboxylic acids is 1. The number of amides is 2. The average molecular weight is 470 g/mol. The van der Waals surface area contributed by atoms with Gasteiger partial charge in [0.25, 0.3) is 0 Å². The van der Waals surface area contributed by atoms with E-state index in [-0.39, 0.29) is 17.5 Å². The van der Waals surface area contributed by atoms with Crippen LogP contribution in [0.3, 0.4) is 0 Å². The molecule has 2 fully saturated rings. The van der Waals surface area contributed by atoms with Crippen LogP contribution < -0.4 is 5.32 Å². The van der Waals surface area contributed by atoms with Crippen LogP contribution in [0.1, 0.15) is 69.8 Å². The Morgan fingerprint density at radius 1 is 1.06 bits per heavy atom. The van der Waals surface area contributed by atoms with Crippen LogP contribution in [0.2, 0.25) is 0 Å². The largest absolute Gasteiger partial charge is 0.477 e. The second-order valence-electron chi connectivity index (χ2n) is 10.6. The Morgan fingerprint density at radius 3 is 2.41 bits per heavy atom. The third-order valence-electron chi connectivity index (χ3n) is 7.13. The zero-order chi connectivity index (χ0) is 24.6. The molecule has 4 rings (SSSR count). The molecule has 2 aromatic rings. The first-order chi connectivity index (χ1) is 16.0. The van der Waals surface area contributed by atoms with Gasteiger partial charge < -0.3 is 19.7 Å². The number of aromatic nitrogens is 1. The van der Waals surface area contributed by atoms with Crippen molar-refractivity contribution in [2.24, 2.45) is 18.9 Å². The summed E-state index contributed by atoms with van der Waals surface area (Å²) in [4.78, 5) is 39.7. The summed E-state index contributed by atoms with van der Waals surface area (Å²) in [5.74, 6) is -0.690. The Hall–Kier alpha value is -3.03. The number of hydrogen-bond acceptors (Lipinski definition) is 4. The monoisotopic (exact) mass is 469 g/mol. The predicted octanol–water partition coefficient (Wildman–Crippen LogP) is 5.02. The molecule has 2 heterocycles. The minimum atomic E-state index is -1.00. The van der Waals surface area contributed by atoms with Crippen molar-refractivity contribution >= 4 is 34.6 Å². The number of carbonyl (C=O) groups excluding carboxylic acids is 2. The van der Waals surface area contributed by atoms with Crippen LogP contribution in [0.25, 0.3) is 10.9 Å². The van der Waals surface area contributed by atoms with Crippen molar-refractivity contribution in [1.82, 2.24) is 9.47 Å². The standard InChI is InChI=1S/C26H35N3O5/c1-26(2,3)34-25(33)29-13-12-19(16-8-6-5-7-9-16)22(29)23(30)27-18-10-11-20-17(14-18)15-21(24(31)32)28(20)4/h10-11,14-16,19,22H,5-9,12-13H2,1-4H3,(H,27,30)(H,31,32)/t19-,22+/m0/s1. The molecule has 1 aliphatic heterocycles. The van der Waals surface area contributed by atoms with Gasteiger partial charge in [-0.25, -0.2) is 9.59 Å². The van der Waals surface area contributed by atoms with E-state index < -0.39 is 23.7 Å². The van der Waals surface area contributed by atoms with E-state index in [2.05, 4.69) is 5.32 Å². The molecule has 8 nitrogen and oxygen atoms in total. The third-order valence-corrected chi connectivity index (χ3v) is 7.13. The number of anilines is 1. The number of rotatable bonds is 4. The van der Waals surface area contributed by atoms with Gasteiger partial charge in [0.1, 0.15) is 17.3 Å². The number of nitrogens with one attached hydrogen (secondary N) is 1. The highest BCUT2D eigenvalue weighted by atomic mass is 16.6. The quantitative estimate of drug-likeness (QED) is 0.655. The van der Waals surface area contributed by atoms with Crippen molar-refractivity contribution in [2.75, 3.05) is 11.9 Å². The van der Waals surface area contributed by atoms with Crippen LogP contribution in [-0.4, -0.2) is 50.7 Å².